The van der Waals surface area contributed by atoms with Gasteiger partial charge in [0.05, 0.1) is 0 Å². The highest BCUT2D eigenvalue weighted by molar-refractivity contribution is 7.99. The van der Waals surface area contributed by atoms with Crippen LogP contribution in [0.15, 0.2) is 15.0 Å². The third kappa shape index (κ3) is 2.34. The van der Waals surface area contributed by atoms with Crippen molar-refractivity contribution in [2.24, 2.45) is 7.05 Å². The van der Waals surface area contributed by atoms with Gasteiger partial charge in [0.1, 0.15) is 16.0 Å². The van der Waals surface area contributed by atoms with E-state index in [-0.39, 0.29) is 5.69 Å². The molecule has 0 aliphatic heterocycles. The first-order chi connectivity index (χ1) is 7.99. The van der Waals surface area contributed by atoms with Crippen LogP contribution in [0.1, 0.15) is 11.4 Å². The van der Waals surface area contributed by atoms with E-state index >= 15 is 0 Å². The number of aromatic amines is 1. The molecule has 0 unspecified atom stereocenters. The van der Waals surface area contributed by atoms with Crippen LogP contribution in [0.5, 0.6) is 0 Å². The van der Waals surface area contributed by atoms with E-state index in [1.54, 1.807) is 14.0 Å². The third-order valence-electron chi connectivity index (χ3n) is 2.18. The Kier molecular flexibility index (Phi) is 3.21. The van der Waals surface area contributed by atoms with Crippen LogP contribution in [0, 0.1) is 13.8 Å². The third-order valence-corrected chi connectivity index (χ3v) is 3.69. The van der Waals surface area contributed by atoms with Gasteiger partial charge < -0.3 is 0 Å². The minimum Gasteiger partial charge on any atom is -0.273 e. The van der Waals surface area contributed by atoms with Gasteiger partial charge in [-0.2, -0.15) is 0 Å². The summed E-state index contributed by atoms with van der Waals surface area (Å²) in [5.74, 6) is 0.587. The van der Waals surface area contributed by atoms with Crippen molar-refractivity contribution in [3.8, 4) is 0 Å². The Morgan fingerprint density at radius 3 is 2.65 bits per heavy atom. The van der Waals surface area contributed by atoms with Gasteiger partial charge in [-0.1, -0.05) is 11.6 Å². The van der Waals surface area contributed by atoms with Crippen molar-refractivity contribution in [1.82, 2.24) is 24.7 Å². The van der Waals surface area contributed by atoms with E-state index in [4.69, 9.17) is 11.6 Å². The fourth-order valence-corrected chi connectivity index (χ4v) is 2.36. The molecule has 17 heavy (non-hydrogen) atoms. The highest BCUT2D eigenvalue weighted by Crippen LogP contribution is 2.28. The zero-order valence-electron chi connectivity index (χ0n) is 9.48. The maximum Gasteiger partial charge on any atom is 0.343 e. The Morgan fingerprint density at radius 2 is 2.06 bits per heavy atom. The lowest BCUT2D eigenvalue weighted by atomic mass is 10.4. The molecule has 0 atom stereocenters. The first kappa shape index (κ1) is 12.1. The summed E-state index contributed by atoms with van der Waals surface area (Å²) in [4.78, 5) is 19.5. The van der Waals surface area contributed by atoms with Gasteiger partial charge in [0, 0.05) is 12.6 Å². The van der Waals surface area contributed by atoms with Crippen molar-refractivity contribution in [3.63, 3.8) is 0 Å². The van der Waals surface area contributed by atoms with Crippen LogP contribution in [0.4, 0.5) is 0 Å². The summed E-state index contributed by atoms with van der Waals surface area (Å²) in [6.45, 7) is 3.59. The van der Waals surface area contributed by atoms with Crippen LogP contribution >= 0.6 is 23.4 Å². The van der Waals surface area contributed by atoms with E-state index in [2.05, 4.69) is 20.2 Å². The SMILES string of the molecule is Cc1nc(Cl)c(C)c(Sc2n[nH]c(=O)n2C)n1. The highest BCUT2D eigenvalue weighted by atomic mass is 35.5. The molecule has 6 nitrogen and oxygen atoms in total. The van der Waals surface area contributed by atoms with Gasteiger partial charge in [0.15, 0.2) is 5.16 Å². The minimum absolute atomic E-state index is 0.262. The van der Waals surface area contributed by atoms with Gasteiger partial charge in [-0.3, -0.25) is 4.57 Å². The fourth-order valence-electron chi connectivity index (χ4n) is 1.18. The molecule has 0 fully saturated rings. The molecule has 0 saturated heterocycles. The zero-order chi connectivity index (χ0) is 12.6. The lowest BCUT2D eigenvalue weighted by Crippen LogP contribution is -2.12. The molecule has 0 radical (unpaired) electrons. The molecule has 0 bridgehead atoms. The lowest BCUT2D eigenvalue weighted by molar-refractivity contribution is 0.763. The number of hydrogen-bond donors (Lipinski definition) is 1. The second kappa shape index (κ2) is 4.50. The maximum atomic E-state index is 11.2. The Bertz CT molecular complexity index is 620. The number of H-pyrrole nitrogens is 1. The molecule has 0 spiro atoms. The molecule has 0 saturated carbocycles. The highest BCUT2D eigenvalue weighted by Gasteiger charge is 2.12. The van der Waals surface area contributed by atoms with E-state index in [1.807, 2.05) is 6.92 Å². The van der Waals surface area contributed by atoms with Gasteiger partial charge in [0.25, 0.3) is 0 Å². The summed E-state index contributed by atoms with van der Waals surface area (Å²) in [5.41, 5.74) is 0.514. The van der Waals surface area contributed by atoms with Crippen LogP contribution in [-0.4, -0.2) is 24.7 Å². The number of halogens is 1. The van der Waals surface area contributed by atoms with Gasteiger partial charge in [-0.05, 0) is 25.6 Å². The summed E-state index contributed by atoms with van der Waals surface area (Å²) in [7, 11) is 1.64. The Balaban J connectivity index is 2.43. The first-order valence-electron chi connectivity index (χ1n) is 4.79. The van der Waals surface area contributed by atoms with Gasteiger partial charge >= 0.3 is 5.69 Å². The van der Waals surface area contributed by atoms with E-state index in [9.17, 15) is 4.79 Å². The number of aryl methyl sites for hydroxylation is 1. The normalized spacial score (nSPS) is 10.8. The molecule has 0 aromatic carbocycles. The smallest absolute Gasteiger partial charge is 0.273 e. The number of rotatable bonds is 2. The monoisotopic (exact) mass is 271 g/mol. The molecule has 0 aliphatic rings. The fraction of sp³-hybridized carbons (Fsp3) is 0.333. The summed E-state index contributed by atoms with van der Waals surface area (Å²) in [6, 6.07) is 0. The average Bonchev–Trinajstić information content (AvgIpc) is 2.57. The predicted molar refractivity (Wildman–Crippen MR) is 64.5 cm³/mol. The van der Waals surface area contributed by atoms with Crippen LogP contribution in [0.25, 0.3) is 0 Å². The number of nitrogens with zero attached hydrogens (tertiary/aromatic N) is 4. The second-order valence-corrected chi connectivity index (χ2v) is 4.78. The standard InChI is InChI=1S/C9H10ClN5OS/c1-4-6(10)11-5(2)12-7(4)17-9-14-13-8(16)15(9)3/h1-3H3,(H,13,16). The number of hydrogen-bond acceptors (Lipinski definition) is 5. The van der Waals surface area contributed by atoms with E-state index in [1.165, 1.54) is 16.3 Å². The molecule has 90 valence electrons. The van der Waals surface area contributed by atoms with Gasteiger partial charge in [0.2, 0.25) is 0 Å². The Morgan fingerprint density at radius 1 is 1.35 bits per heavy atom. The van der Waals surface area contributed by atoms with Crippen molar-refractivity contribution >= 4 is 23.4 Å². The summed E-state index contributed by atoms with van der Waals surface area (Å²) >= 11 is 7.24. The van der Waals surface area contributed by atoms with Crippen molar-refractivity contribution < 1.29 is 0 Å². The van der Waals surface area contributed by atoms with Crippen LogP contribution in [0.2, 0.25) is 5.15 Å². The largest absolute Gasteiger partial charge is 0.343 e. The number of nitrogens with one attached hydrogen (secondary N) is 1. The van der Waals surface area contributed by atoms with Gasteiger partial charge in [-0.15, -0.1) is 5.10 Å². The number of aromatic nitrogens is 5. The lowest BCUT2D eigenvalue weighted by Gasteiger charge is -2.05. The summed E-state index contributed by atoms with van der Waals surface area (Å²) in [6.07, 6.45) is 0. The topological polar surface area (TPSA) is 76.5 Å². The van der Waals surface area contributed by atoms with Crippen molar-refractivity contribution in [1.29, 1.82) is 0 Å². The molecule has 0 amide bonds. The van der Waals surface area contributed by atoms with E-state index in [0.29, 0.717) is 21.2 Å². The zero-order valence-corrected chi connectivity index (χ0v) is 11.1. The predicted octanol–water partition coefficient (Wildman–Crippen LogP) is 1.32. The first-order valence-corrected chi connectivity index (χ1v) is 5.98. The van der Waals surface area contributed by atoms with Crippen LogP contribution < -0.4 is 5.69 Å². The van der Waals surface area contributed by atoms with Crippen molar-refractivity contribution in [2.45, 2.75) is 24.0 Å². The van der Waals surface area contributed by atoms with Gasteiger partial charge in [-0.25, -0.2) is 19.9 Å². The molecule has 2 rings (SSSR count). The Labute approximate surface area is 106 Å². The average molecular weight is 272 g/mol. The van der Waals surface area contributed by atoms with Crippen LogP contribution in [-0.2, 0) is 7.05 Å². The molecule has 2 heterocycles. The maximum absolute atomic E-state index is 11.2. The summed E-state index contributed by atoms with van der Waals surface area (Å²) < 4.78 is 1.41. The molecular formula is C9H10ClN5OS. The second-order valence-electron chi connectivity index (χ2n) is 3.46. The molecule has 2 aromatic heterocycles. The Hall–Kier alpha value is -1.34. The molecule has 8 heteroatoms. The quantitative estimate of drug-likeness (QED) is 0.834. The van der Waals surface area contributed by atoms with Crippen molar-refractivity contribution in [2.75, 3.05) is 0 Å². The van der Waals surface area contributed by atoms with E-state index < -0.39 is 0 Å². The summed E-state index contributed by atoms with van der Waals surface area (Å²) in [5, 5.41) is 7.91. The molecule has 0 aliphatic carbocycles. The van der Waals surface area contributed by atoms with E-state index in [0.717, 1.165) is 5.56 Å². The van der Waals surface area contributed by atoms with Crippen molar-refractivity contribution in [3.05, 3.63) is 27.0 Å². The molecular weight excluding hydrogens is 262 g/mol. The molecule has 2 aromatic rings. The van der Waals surface area contributed by atoms with Crippen LogP contribution in [0.3, 0.4) is 0 Å². The minimum atomic E-state index is -0.262. The molecule has 1 N–H and O–H groups in total.